The number of piperidine rings is 1. The maximum atomic E-state index is 12.6. The summed E-state index contributed by atoms with van der Waals surface area (Å²) in [6.45, 7) is 7.97. The van der Waals surface area contributed by atoms with E-state index in [4.69, 9.17) is 0 Å². The minimum Gasteiger partial charge on any atom is -0.357 e. The Kier molecular flexibility index (Phi) is 8.04. The fraction of sp³-hybridized carbons (Fsp3) is 0.500. The van der Waals surface area contributed by atoms with Crippen molar-refractivity contribution in [1.82, 2.24) is 20.5 Å². The third kappa shape index (κ3) is 6.29. The molecule has 0 unspecified atom stereocenters. The van der Waals surface area contributed by atoms with E-state index in [0.717, 1.165) is 61.0 Å². The normalized spacial score (nSPS) is 14.7. The van der Waals surface area contributed by atoms with Crippen LogP contribution in [0.1, 0.15) is 58.9 Å². The second kappa shape index (κ2) is 11.0. The summed E-state index contributed by atoms with van der Waals surface area (Å²) in [5.41, 5.74) is 1.85. The molecule has 1 aliphatic rings. The average molecular weight is 414 g/mol. The molecule has 0 spiro atoms. The van der Waals surface area contributed by atoms with Gasteiger partial charge in [0.05, 0.1) is 13.1 Å². The first kappa shape index (κ1) is 21.3. The third-order valence-electron chi connectivity index (χ3n) is 4.97. The van der Waals surface area contributed by atoms with Crippen molar-refractivity contribution in [3.05, 3.63) is 51.5 Å². The molecule has 1 aromatic heterocycles. The highest BCUT2D eigenvalue weighted by Crippen LogP contribution is 2.15. The van der Waals surface area contributed by atoms with E-state index in [1.54, 1.807) is 11.3 Å². The number of aliphatic imine (C=N–C) groups is 1. The molecule has 3 rings (SSSR count). The second-order valence-corrected chi connectivity index (χ2v) is 8.37. The van der Waals surface area contributed by atoms with Gasteiger partial charge in [-0.1, -0.05) is 19.1 Å². The summed E-state index contributed by atoms with van der Waals surface area (Å²) < 4.78 is 0. The van der Waals surface area contributed by atoms with Crippen LogP contribution in [-0.2, 0) is 19.5 Å². The molecule has 1 aromatic carbocycles. The first-order valence-corrected chi connectivity index (χ1v) is 11.3. The first-order chi connectivity index (χ1) is 14.2. The maximum absolute atomic E-state index is 12.6. The van der Waals surface area contributed by atoms with Gasteiger partial charge in [-0.2, -0.15) is 0 Å². The number of aryl methyl sites for hydroxylation is 1. The van der Waals surface area contributed by atoms with Crippen molar-refractivity contribution in [3.8, 4) is 0 Å². The fourth-order valence-corrected chi connectivity index (χ4v) is 4.10. The zero-order chi connectivity index (χ0) is 20.5. The minimum absolute atomic E-state index is 0.143. The van der Waals surface area contributed by atoms with Gasteiger partial charge < -0.3 is 15.5 Å². The lowest BCUT2D eigenvalue weighted by atomic mass is 10.1. The molecule has 2 heterocycles. The summed E-state index contributed by atoms with van der Waals surface area (Å²) in [7, 11) is 0. The molecule has 0 radical (unpaired) electrons. The van der Waals surface area contributed by atoms with Crippen molar-refractivity contribution in [1.29, 1.82) is 0 Å². The smallest absolute Gasteiger partial charge is 0.253 e. The average Bonchev–Trinajstić information content (AvgIpc) is 3.24. The molecule has 1 amide bonds. The molecule has 2 aromatic rings. The van der Waals surface area contributed by atoms with E-state index >= 15 is 0 Å². The first-order valence-electron chi connectivity index (χ1n) is 10.5. The van der Waals surface area contributed by atoms with Gasteiger partial charge in [-0.15, -0.1) is 11.3 Å². The van der Waals surface area contributed by atoms with Crippen LogP contribution in [0.4, 0.5) is 0 Å². The Morgan fingerprint density at radius 3 is 2.55 bits per heavy atom. The Hall–Kier alpha value is -2.41. The van der Waals surface area contributed by atoms with E-state index in [2.05, 4.69) is 34.5 Å². The monoisotopic (exact) mass is 413 g/mol. The van der Waals surface area contributed by atoms with Gasteiger partial charge in [0, 0.05) is 36.3 Å². The highest BCUT2D eigenvalue weighted by Gasteiger charge is 2.17. The van der Waals surface area contributed by atoms with Crippen LogP contribution in [0.3, 0.4) is 0 Å². The zero-order valence-corrected chi connectivity index (χ0v) is 18.2. The Morgan fingerprint density at radius 1 is 1.14 bits per heavy atom. The lowest BCUT2D eigenvalue weighted by Crippen LogP contribution is -2.36. The number of nitrogens with one attached hydrogen (secondary N) is 2. The van der Waals surface area contributed by atoms with E-state index in [1.165, 1.54) is 11.3 Å². The SMILES string of the molecule is CCNC(=NCc1ccc(C(=O)N2CCCCC2)cc1)NCc1ncc(CC)s1. The number of benzene rings is 1. The van der Waals surface area contributed by atoms with Crippen molar-refractivity contribution in [2.45, 2.75) is 52.6 Å². The van der Waals surface area contributed by atoms with Crippen LogP contribution in [0, 0.1) is 0 Å². The topological polar surface area (TPSA) is 69.6 Å². The van der Waals surface area contributed by atoms with Crippen LogP contribution in [0.15, 0.2) is 35.5 Å². The van der Waals surface area contributed by atoms with Gasteiger partial charge >= 0.3 is 0 Å². The summed E-state index contributed by atoms with van der Waals surface area (Å²) in [4.78, 5) is 24.9. The van der Waals surface area contributed by atoms with Crippen LogP contribution in [-0.4, -0.2) is 41.4 Å². The molecular formula is C22H31N5OS. The Balaban J connectivity index is 1.56. The predicted molar refractivity (Wildman–Crippen MR) is 119 cm³/mol. The van der Waals surface area contributed by atoms with Crippen LogP contribution >= 0.6 is 11.3 Å². The third-order valence-corrected chi connectivity index (χ3v) is 6.11. The molecule has 0 aliphatic carbocycles. The molecule has 1 aliphatic heterocycles. The Labute approximate surface area is 177 Å². The number of likely N-dealkylation sites (tertiary alicyclic amines) is 1. The van der Waals surface area contributed by atoms with Crippen LogP contribution < -0.4 is 10.6 Å². The number of nitrogens with zero attached hydrogens (tertiary/aromatic N) is 3. The van der Waals surface area contributed by atoms with Gasteiger partial charge in [0.1, 0.15) is 5.01 Å². The largest absolute Gasteiger partial charge is 0.357 e. The number of carbonyl (C=O) groups is 1. The van der Waals surface area contributed by atoms with Gasteiger partial charge in [-0.25, -0.2) is 9.98 Å². The summed E-state index contributed by atoms with van der Waals surface area (Å²) in [5, 5.41) is 7.68. The van der Waals surface area contributed by atoms with E-state index in [-0.39, 0.29) is 5.91 Å². The number of thiazole rings is 1. The van der Waals surface area contributed by atoms with Crippen LogP contribution in [0.5, 0.6) is 0 Å². The maximum Gasteiger partial charge on any atom is 0.253 e. The van der Waals surface area contributed by atoms with E-state index in [9.17, 15) is 4.79 Å². The van der Waals surface area contributed by atoms with Crippen molar-refractivity contribution in [3.63, 3.8) is 0 Å². The molecule has 6 nitrogen and oxygen atoms in total. The lowest BCUT2D eigenvalue weighted by molar-refractivity contribution is 0.0724. The molecule has 1 fully saturated rings. The van der Waals surface area contributed by atoms with E-state index in [1.807, 2.05) is 35.4 Å². The van der Waals surface area contributed by atoms with Crippen LogP contribution in [0.25, 0.3) is 0 Å². The van der Waals surface area contributed by atoms with Crippen molar-refractivity contribution in [2.75, 3.05) is 19.6 Å². The molecule has 0 saturated carbocycles. The highest BCUT2D eigenvalue weighted by molar-refractivity contribution is 7.11. The Morgan fingerprint density at radius 2 is 1.90 bits per heavy atom. The predicted octanol–water partition coefficient (Wildman–Crippen LogP) is 3.59. The van der Waals surface area contributed by atoms with Gasteiger partial charge in [0.25, 0.3) is 5.91 Å². The van der Waals surface area contributed by atoms with Gasteiger partial charge in [-0.05, 0) is 50.3 Å². The van der Waals surface area contributed by atoms with E-state index < -0.39 is 0 Å². The molecule has 156 valence electrons. The van der Waals surface area contributed by atoms with Crippen molar-refractivity contribution in [2.24, 2.45) is 4.99 Å². The lowest BCUT2D eigenvalue weighted by Gasteiger charge is -2.26. The summed E-state index contributed by atoms with van der Waals surface area (Å²) in [5.74, 6) is 0.916. The molecule has 2 N–H and O–H groups in total. The van der Waals surface area contributed by atoms with Crippen LogP contribution in [0.2, 0.25) is 0 Å². The minimum atomic E-state index is 0.143. The quantitative estimate of drug-likeness (QED) is 0.538. The van der Waals surface area contributed by atoms with Gasteiger partial charge in [0.2, 0.25) is 0 Å². The number of carbonyl (C=O) groups excluding carboxylic acids is 1. The van der Waals surface area contributed by atoms with Crippen molar-refractivity contribution >= 4 is 23.2 Å². The van der Waals surface area contributed by atoms with E-state index in [0.29, 0.717) is 13.1 Å². The summed E-state index contributed by atoms with van der Waals surface area (Å²) in [6.07, 6.45) is 6.41. The molecule has 29 heavy (non-hydrogen) atoms. The molecule has 0 atom stereocenters. The molecule has 1 saturated heterocycles. The number of amides is 1. The zero-order valence-electron chi connectivity index (χ0n) is 17.4. The summed E-state index contributed by atoms with van der Waals surface area (Å²) in [6, 6.07) is 7.84. The fourth-order valence-electron chi connectivity index (χ4n) is 3.30. The second-order valence-electron chi connectivity index (χ2n) is 7.17. The van der Waals surface area contributed by atoms with Gasteiger partial charge in [-0.3, -0.25) is 4.79 Å². The molecule has 0 bridgehead atoms. The van der Waals surface area contributed by atoms with Crippen molar-refractivity contribution < 1.29 is 4.79 Å². The number of guanidine groups is 1. The number of hydrogen-bond donors (Lipinski definition) is 2. The highest BCUT2D eigenvalue weighted by atomic mass is 32.1. The molecule has 7 heteroatoms. The number of aromatic nitrogens is 1. The summed E-state index contributed by atoms with van der Waals surface area (Å²) >= 11 is 1.73. The molecular weight excluding hydrogens is 382 g/mol. The number of hydrogen-bond acceptors (Lipinski definition) is 4. The standard InChI is InChI=1S/C22H31N5OS/c1-3-19-15-24-20(29-19)16-26-22(23-4-2)25-14-17-8-10-18(11-9-17)21(28)27-12-6-5-7-13-27/h8-11,15H,3-7,12-14,16H2,1-2H3,(H2,23,25,26). The van der Waals surface area contributed by atoms with Gasteiger partial charge in [0.15, 0.2) is 5.96 Å². The Bertz CT molecular complexity index is 809. The number of rotatable bonds is 7.